The molecule has 0 heterocycles. The average Bonchev–Trinajstić information content (AvgIpc) is 2.68. The summed E-state index contributed by atoms with van der Waals surface area (Å²) in [5.74, 6) is 0. The molecule has 0 saturated heterocycles. The first kappa shape index (κ1) is 16.5. The molecule has 0 unspecified atom stereocenters. The Morgan fingerprint density at radius 2 is 1.44 bits per heavy atom. The predicted molar refractivity (Wildman–Crippen MR) is 103 cm³/mol. The Kier molecular flexibility index (Phi) is 5.27. The molecule has 3 aromatic carbocycles. The summed E-state index contributed by atoms with van der Waals surface area (Å²) in [6.07, 6.45) is 3.52. The molecular formula is C22H19NO2. The van der Waals surface area contributed by atoms with Crippen LogP contribution in [0.2, 0.25) is 0 Å². The van der Waals surface area contributed by atoms with Crippen LogP contribution < -0.4 is 5.32 Å². The Hall–Kier alpha value is -3.33. The van der Waals surface area contributed by atoms with E-state index in [0.29, 0.717) is 5.69 Å². The summed E-state index contributed by atoms with van der Waals surface area (Å²) in [5.41, 5.74) is 5.11. The van der Waals surface area contributed by atoms with Crippen LogP contribution in [0.3, 0.4) is 0 Å². The molecule has 0 fully saturated rings. The van der Waals surface area contributed by atoms with Crippen molar-refractivity contribution in [1.29, 1.82) is 0 Å². The maximum absolute atomic E-state index is 11.4. The first-order valence-corrected chi connectivity index (χ1v) is 8.04. The van der Waals surface area contributed by atoms with E-state index < -0.39 is 6.09 Å². The van der Waals surface area contributed by atoms with Crippen LogP contribution in [0.15, 0.2) is 78.9 Å². The molecular weight excluding hydrogens is 310 g/mol. The molecule has 0 aromatic heterocycles. The van der Waals surface area contributed by atoms with Gasteiger partial charge in [-0.3, -0.25) is 5.32 Å². The molecule has 1 amide bonds. The van der Waals surface area contributed by atoms with E-state index in [1.54, 1.807) is 0 Å². The monoisotopic (exact) mass is 329 g/mol. The number of hydrogen-bond donors (Lipinski definition) is 1. The number of para-hydroxylation sites is 1. The molecule has 0 spiro atoms. The Balaban J connectivity index is 1.78. The Bertz CT molecular complexity index is 868. The molecule has 25 heavy (non-hydrogen) atoms. The first-order valence-electron chi connectivity index (χ1n) is 8.04. The van der Waals surface area contributed by atoms with Crippen LogP contribution in [-0.4, -0.2) is 13.2 Å². The Morgan fingerprint density at radius 3 is 2.16 bits per heavy atom. The van der Waals surface area contributed by atoms with Gasteiger partial charge in [-0.1, -0.05) is 84.9 Å². The molecule has 3 rings (SSSR count). The number of rotatable bonds is 4. The van der Waals surface area contributed by atoms with E-state index in [2.05, 4.69) is 46.5 Å². The van der Waals surface area contributed by atoms with Crippen molar-refractivity contribution in [3.8, 4) is 11.1 Å². The van der Waals surface area contributed by atoms with Gasteiger partial charge in [0.25, 0.3) is 0 Å². The molecule has 124 valence electrons. The van der Waals surface area contributed by atoms with E-state index >= 15 is 0 Å². The van der Waals surface area contributed by atoms with Crippen molar-refractivity contribution in [3.05, 3.63) is 90.0 Å². The van der Waals surface area contributed by atoms with Crippen LogP contribution >= 0.6 is 0 Å². The molecule has 0 atom stereocenters. The van der Waals surface area contributed by atoms with E-state index in [9.17, 15) is 4.79 Å². The minimum absolute atomic E-state index is 0.479. The van der Waals surface area contributed by atoms with Gasteiger partial charge in [0.1, 0.15) is 0 Å². The smallest absolute Gasteiger partial charge is 0.411 e. The van der Waals surface area contributed by atoms with E-state index in [-0.39, 0.29) is 0 Å². The number of methoxy groups -OCH3 is 1. The Labute approximate surface area is 147 Å². The van der Waals surface area contributed by atoms with E-state index in [0.717, 1.165) is 11.1 Å². The summed E-state index contributed by atoms with van der Waals surface area (Å²) < 4.78 is 4.65. The lowest BCUT2D eigenvalue weighted by molar-refractivity contribution is 0.187. The third kappa shape index (κ3) is 4.36. The highest BCUT2D eigenvalue weighted by atomic mass is 16.5. The van der Waals surface area contributed by atoms with Crippen LogP contribution in [0.25, 0.3) is 23.3 Å². The van der Waals surface area contributed by atoms with Crippen molar-refractivity contribution in [2.24, 2.45) is 0 Å². The summed E-state index contributed by atoms with van der Waals surface area (Å²) in [5, 5.41) is 2.71. The van der Waals surface area contributed by atoms with E-state index in [1.807, 2.05) is 54.6 Å². The van der Waals surface area contributed by atoms with Gasteiger partial charge in [0, 0.05) is 0 Å². The lowest BCUT2D eigenvalue weighted by Gasteiger charge is -2.07. The van der Waals surface area contributed by atoms with Gasteiger partial charge in [0.15, 0.2) is 0 Å². The molecule has 0 aliphatic rings. The van der Waals surface area contributed by atoms with Crippen LogP contribution in [0.4, 0.5) is 10.5 Å². The van der Waals surface area contributed by atoms with Crippen LogP contribution in [0, 0.1) is 0 Å². The van der Waals surface area contributed by atoms with E-state index in [1.165, 1.54) is 18.2 Å². The van der Waals surface area contributed by atoms with Crippen LogP contribution in [0.1, 0.15) is 11.1 Å². The van der Waals surface area contributed by atoms with Gasteiger partial charge < -0.3 is 4.74 Å². The quantitative estimate of drug-likeness (QED) is 0.623. The van der Waals surface area contributed by atoms with Crippen molar-refractivity contribution in [3.63, 3.8) is 0 Å². The fourth-order valence-electron chi connectivity index (χ4n) is 2.52. The molecule has 0 radical (unpaired) electrons. The number of hydrogen-bond acceptors (Lipinski definition) is 2. The molecule has 0 bridgehead atoms. The minimum atomic E-state index is -0.479. The topological polar surface area (TPSA) is 38.3 Å². The molecule has 0 saturated carbocycles. The van der Waals surface area contributed by atoms with Gasteiger partial charge in [-0.05, 0) is 28.3 Å². The summed E-state index contributed by atoms with van der Waals surface area (Å²) in [6.45, 7) is 0. The molecule has 3 nitrogen and oxygen atoms in total. The van der Waals surface area contributed by atoms with Gasteiger partial charge in [0.05, 0.1) is 12.8 Å². The summed E-state index contributed by atoms with van der Waals surface area (Å²) in [6, 6.07) is 26.2. The highest BCUT2D eigenvalue weighted by Crippen LogP contribution is 2.21. The lowest BCUT2D eigenvalue weighted by Crippen LogP contribution is -2.11. The van der Waals surface area contributed by atoms with Crippen molar-refractivity contribution in [1.82, 2.24) is 0 Å². The zero-order valence-electron chi connectivity index (χ0n) is 14.0. The SMILES string of the molecule is COC(=O)Nc1ccccc1/C=C/c1ccc(-c2ccccc2)cc1. The molecule has 1 N–H and O–H groups in total. The van der Waals surface area contributed by atoms with E-state index in [4.69, 9.17) is 0 Å². The first-order chi connectivity index (χ1) is 12.3. The van der Waals surface area contributed by atoms with Crippen LogP contribution in [-0.2, 0) is 4.74 Å². The van der Waals surface area contributed by atoms with Crippen molar-refractivity contribution in [2.75, 3.05) is 12.4 Å². The standard InChI is InChI=1S/C22H19NO2/c1-25-22(24)23-21-10-6-5-9-20(21)16-13-17-11-14-19(15-12-17)18-7-3-2-4-8-18/h2-16H,1H3,(H,23,24)/b16-13+. The van der Waals surface area contributed by atoms with Crippen molar-refractivity contribution in [2.45, 2.75) is 0 Å². The second-order valence-corrected chi connectivity index (χ2v) is 5.53. The van der Waals surface area contributed by atoms with Gasteiger partial charge in [-0.2, -0.15) is 0 Å². The summed E-state index contributed by atoms with van der Waals surface area (Å²) in [7, 11) is 1.35. The number of amides is 1. The number of anilines is 1. The fourth-order valence-corrected chi connectivity index (χ4v) is 2.52. The second kappa shape index (κ2) is 7.97. The molecule has 0 aliphatic carbocycles. The second-order valence-electron chi connectivity index (χ2n) is 5.53. The maximum atomic E-state index is 11.4. The van der Waals surface area contributed by atoms with Gasteiger partial charge in [0.2, 0.25) is 0 Å². The predicted octanol–water partition coefficient (Wildman–Crippen LogP) is 5.70. The zero-order valence-corrected chi connectivity index (χ0v) is 14.0. The molecule has 0 aliphatic heterocycles. The number of carbonyl (C=O) groups is 1. The third-order valence-corrected chi connectivity index (χ3v) is 3.86. The van der Waals surface area contributed by atoms with Gasteiger partial charge >= 0.3 is 6.09 Å². The largest absolute Gasteiger partial charge is 0.453 e. The Morgan fingerprint density at radius 1 is 0.800 bits per heavy atom. The third-order valence-electron chi connectivity index (χ3n) is 3.86. The van der Waals surface area contributed by atoms with Crippen molar-refractivity contribution >= 4 is 23.9 Å². The van der Waals surface area contributed by atoms with Crippen LogP contribution in [0.5, 0.6) is 0 Å². The van der Waals surface area contributed by atoms with Gasteiger partial charge in [-0.15, -0.1) is 0 Å². The van der Waals surface area contributed by atoms with Gasteiger partial charge in [-0.25, -0.2) is 4.79 Å². The summed E-state index contributed by atoms with van der Waals surface area (Å²) >= 11 is 0. The lowest BCUT2D eigenvalue weighted by atomic mass is 10.0. The number of carbonyl (C=O) groups excluding carboxylic acids is 1. The summed E-state index contributed by atoms with van der Waals surface area (Å²) in [4.78, 5) is 11.4. The highest BCUT2D eigenvalue weighted by Gasteiger charge is 2.03. The highest BCUT2D eigenvalue weighted by molar-refractivity contribution is 5.89. The number of benzene rings is 3. The van der Waals surface area contributed by atoms with Crippen molar-refractivity contribution < 1.29 is 9.53 Å². The average molecular weight is 329 g/mol. The normalized spacial score (nSPS) is 10.6. The number of nitrogens with one attached hydrogen (secondary N) is 1. The molecule has 3 aromatic rings. The number of ether oxygens (including phenoxy) is 1. The minimum Gasteiger partial charge on any atom is -0.453 e. The fraction of sp³-hybridized carbons (Fsp3) is 0.0455. The molecule has 3 heteroatoms. The maximum Gasteiger partial charge on any atom is 0.411 e. The zero-order chi connectivity index (χ0) is 17.5.